The minimum atomic E-state index is -0.148. The highest BCUT2D eigenvalue weighted by Crippen LogP contribution is 2.30. The van der Waals surface area contributed by atoms with E-state index in [1.54, 1.807) is 48.6 Å². The SMILES string of the molecule is COc1nc(Nc2ccc(-n3cnc(CO)c3)c(OC)c2)nc(Oc2cccnc2Cl)n1. The fraction of sp³-hybridized carbons (Fsp3) is 0.150. The minimum Gasteiger partial charge on any atom is -0.494 e. The van der Waals surface area contributed by atoms with Crippen LogP contribution in [0.1, 0.15) is 5.69 Å². The van der Waals surface area contributed by atoms with Crippen molar-refractivity contribution in [2.45, 2.75) is 6.61 Å². The van der Waals surface area contributed by atoms with Gasteiger partial charge in [0.25, 0.3) is 0 Å². The third kappa shape index (κ3) is 4.68. The van der Waals surface area contributed by atoms with Crippen molar-refractivity contribution < 1.29 is 19.3 Å². The topological polar surface area (TPSA) is 129 Å². The van der Waals surface area contributed by atoms with E-state index in [0.29, 0.717) is 22.9 Å². The predicted molar refractivity (Wildman–Crippen MR) is 115 cm³/mol. The Bertz CT molecular complexity index is 1230. The number of ether oxygens (including phenoxy) is 3. The average molecular weight is 456 g/mol. The maximum Gasteiger partial charge on any atom is 0.330 e. The second-order valence-corrected chi connectivity index (χ2v) is 6.62. The van der Waals surface area contributed by atoms with Gasteiger partial charge in [-0.2, -0.15) is 9.97 Å². The van der Waals surface area contributed by atoms with Crippen LogP contribution in [-0.4, -0.2) is 48.8 Å². The van der Waals surface area contributed by atoms with Crippen LogP contribution in [0.2, 0.25) is 5.15 Å². The summed E-state index contributed by atoms with van der Waals surface area (Å²) in [6, 6.07) is 8.75. The molecule has 3 aromatic heterocycles. The van der Waals surface area contributed by atoms with Gasteiger partial charge in [-0.1, -0.05) is 11.6 Å². The lowest BCUT2D eigenvalue weighted by atomic mass is 10.2. The number of imidazole rings is 1. The molecule has 0 aliphatic carbocycles. The molecule has 0 aliphatic rings. The Morgan fingerprint density at radius 1 is 1.03 bits per heavy atom. The Kier molecular flexibility index (Phi) is 6.29. The molecule has 0 spiro atoms. The van der Waals surface area contributed by atoms with E-state index in [4.69, 9.17) is 25.8 Å². The summed E-state index contributed by atoms with van der Waals surface area (Å²) in [7, 11) is 2.99. The van der Waals surface area contributed by atoms with Crippen molar-refractivity contribution in [3.8, 4) is 29.2 Å². The molecule has 0 aliphatic heterocycles. The number of nitrogens with one attached hydrogen (secondary N) is 1. The van der Waals surface area contributed by atoms with E-state index in [1.807, 2.05) is 12.1 Å². The molecule has 0 amide bonds. The lowest BCUT2D eigenvalue weighted by molar-refractivity contribution is 0.277. The largest absolute Gasteiger partial charge is 0.494 e. The first-order valence-corrected chi connectivity index (χ1v) is 9.65. The molecule has 0 saturated carbocycles. The van der Waals surface area contributed by atoms with Crippen molar-refractivity contribution in [2.24, 2.45) is 0 Å². The molecule has 0 bridgehead atoms. The van der Waals surface area contributed by atoms with Crippen molar-refractivity contribution in [3.05, 3.63) is 59.9 Å². The predicted octanol–water partition coefficient (Wildman–Crippen LogP) is 3.15. The first kappa shape index (κ1) is 21.3. The van der Waals surface area contributed by atoms with Crippen LogP contribution in [-0.2, 0) is 6.61 Å². The van der Waals surface area contributed by atoms with Crippen LogP contribution >= 0.6 is 11.6 Å². The number of nitrogens with zero attached hydrogens (tertiary/aromatic N) is 6. The molecule has 32 heavy (non-hydrogen) atoms. The molecule has 0 fully saturated rings. The molecule has 0 unspecified atom stereocenters. The number of rotatable bonds is 8. The fourth-order valence-electron chi connectivity index (χ4n) is 2.75. The number of hydrogen-bond acceptors (Lipinski definition) is 10. The lowest BCUT2D eigenvalue weighted by Crippen LogP contribution is -2.04. The zero-order valence-corrected chi connectivity index (χ0v) is 17.8. The number of aliphatic hydroxyl groups is 1. The standard InChI is InChI=1S/C20H18ClN7O4/c1-30-16-8-12(5-6-14(16)28-9-13(10-29)23-11-28)24-18-25-19(31-2)27-20(26-18)32-15-4-3-7-22-17(15)21/h3-9,11,29H,10H2,1-2H3,(H,24,25,26,27). The summed E-state index contributed by atoms with van der Waals surface area (Å²) in [4.78, 5) is 20.6. The maximum absolute atomic E-state index is 9.24. The molecule has 2 N–H and O–H groups in total. The number of pyridine rings is 1. The summed E-state index contributed by atoms with van der Waals surface area (Å²) in [6.45, 7) is -0.148. The van der Waals surface area contributed by atoms with Gasteiger partial charge < -0.3 is 29.2 Å². The van der Waals surface area contributed by atoms with Gasteiger partial charge >= 0.3 is 12.0 Å². The van der Waals surface area contributed by atoms with Crippen LogP contribution in [0.4, 0.5) is 11.6 Å². The number of halogens is 1. The smallest absolute Gasteiger partial charge is 0.330 e. The highest BCUT2D eigenvalue weighted by Gasteiger charge is 2.13. The number of methoxy groups -OCH3 is 2. The Morgan fingerprint density at radius 3 is 2.59 bits per heavy atom. The van der Waals surface area contributed by atoms with Gasteiger partial charge in [-0.3, -0.25) is 0 Å². The Labute approximate surface area is 187 Å². The number of anilines is 2. The molecule has 0 saturated heterocycles. The highest BCUT2D eigenvalue weighted by molar-refractivity contribution is 6.30. The minimum absolute atomic E-state index is 0.0206. The Hall–Kier alpha value is -3.96. The lowest BCUT2D eigenvalue weighted by Gasteiger charge is -2.13. The summed E-state index contributed by atoms with van der Waals surface area (Å²) in [5.74, 6) is 1.05. The number of hydrogen-bond donors (Lipinski definition) is 2. The zero-order valence-electron chi connectivity index (χ0n) is 17.1. The molecular formula is C20H18ClN7O4. The molecule has 12 heteroatoms. The van der Waals surface area contributed by atoms with Crippen molar-refractivity contribution in [1.82, 2.24) is 29.5 Å². The Balaban J connectivity index is 1.61. The summed E-state index contributed by atoms with van der Waals surface area (Å²) >= 11 is 6.04. The summed E-state index contributed by atoms with van der Waals surface area (Å²) in [5, 5.41) is 12.5. The van der Waals surface area contributed by atoms with Crippen LogP contribution in [0.25, 0.3) is 5.69 Å². The number of aromatic nitrogens is 6. The van der Waals surface area contributed by atoms with Gasteiger partial charge in [0.15, 0.2) is 10.9 Å². The van der Waals surface area contributed by atoms with E-state index in [0.717, 1.165) is 5.69 Å². The monoisotopic (exact) mass is 455 g/mol. The van der Waals surface area contributed by atoms with Crippen LogP contribution in [0.3, 0.4) is 0 Å². The van der Waals surface area contributed by atoms with E-state index in [-0.39, 0.29) is 29.7 Å². The van der Waals surface area contributed by atoms with Gasteiger partial charge in [-0.25, -0.2) is 9.97 Å². The molecule has 0 radical (unpaired) electrons. The van der Waals surface area contributed by atoms with E-state index in [2.05, 4.69) is 30.2 Å². The quantitative estimate of drug-likeness (QED) is 0.382. The van der Waals surface area contributed by atoms with Gasteiger partial charge in [0.05, 0.1) is 38.5 Å². The van der Waals surface area contributed by atoms with Crippen molar-refractivity contribution in [1.29, 1.82) is 0 Å². The van der Waals surface area contributed by atoms with Gasteiger partial charge in [0, 0.05) is 24.1 Å². The molecule has 4 rings (SSSR count). The summed E-state index contributed by atoms with van der Waals surface area (Å²) in [6.07, 6.45) is 4.86. The van der Waals surface area contributed by atoms with E-state index in [9.17, 15) is 5.11 Å². The van der Waals surface area contributed by atoms with Crippen LogP contribution in [0.5, 0.6) is 23.5 Å². The van der Waals surface area contributed by atoms with Gasteiger partial charge in [0.1, 0.15) is 5.75 Å². The first-order valence-electron chi connectivity index (χ1n) is 9.27. The molecule has 0 atom stereocenters. The number of aliphatic hydroxyl groups excluding tert-OH is 1. The second kappa shape index (κ2) is 9.45. The highest BCUT2D eigenvalue weighted by atomic mass is 35.5. The van der Waals surface area contributed by atoms with Crippen molar-refractivity contribution in [3.63, 3.8) is 0 Å². The molecule has 11 nitrogen and oxygen atoms in total. The van der Waals surface area contributed by atoms with Gasteiger partial charge in [-0.05, 0) is 24.3 Å². The summed E-state index contributed by atoms with van der Waals surface area (Å²) in [5.41, 5.74) is 1.94. The van der Waals surface area contributed by atoms with E-state index in [1.165, 1.54) is 7.11 Å². The van der Waals surface area contributed by atoms with E-state index >= 15 is 0 Å². The van der Waals surface area contributed by atoms with Crippen molar-refractivity contribution in [2.75, 3.05) is 19.5 Å². The maximum atomic E-state index is 9.24. The molecule has 1 aromatic carbocycles. The molecule has 164 valence electrons. The Morgan fingerprint density at radius 2 is 1.88 bits per heavy atom. The summed E-state index contributed by atoms with van der Waals surface area (Å²) < 4.78 is 18.0. The molecule has 3 heterocycles. The van der Waals surface area contributed by atoms with E-state index < -0.39 is 0 Å². The van der Waals surface area contributed by atoms with Crippen molar-refractivity contribution >= 4 is 23.2 Å². The first-order chi connectivity index (χ1) is 15.6. The van der Waals surface area contributed by atoms with Gasteiger partial charge in [-0.15, -0.1) is 4.98 Å². The normalized spacial score (nSPS) is 10.6. The van der Waals surface area contributed by atoms with Gasteiger partial charge in [0.2, 0.25) is 5.95 Å². The van der Waals surface area contributed by atoms with Crippen LogP contribution < -0.4 is 19.5 Å². The molecule has 4 aromatic rings. The van der Waals surface area contributed by atoms with Crippen LogP contribution in [0.15, 0.2) is 49.1 Å². The third-order valence-corrected chi connectivity index (χ3v) is 4.50. The molecular weight excluding hydrogens is 438 g/mol. The fourth-order valence-corrected chi connectivity index (χ4v) is 2.91. The average Bonchev–Trinajstić information content (AvgIpc) is 3.29. The second-order valence-electron chi connectivity index (χ2n) is 6.26. The number of benzene rings is 1. The third-order valence-electron chi connectivity index (χ3n) is 4.22. The zero-order chi connectivity index (χ0) is 22.5. The van der Waals surface area contributed by atoms with Crippen LogP contribution in [0, 0.1) is 0 Å².